The van der Waals surface area contributed by atoms with Gasteiger partial charge in [0.2, 0.25) is 0 Å². The van der Waals surface area contributed by atoms with E-state index in [1.54, 1.807) is 6.07 Å². The molecule has 0 saturated heterocycles. The molecule has 0 radical (unpaired) electrons. The molecule has 0 aliphatic carbocycles. The van der Waals surface area contributed by atoms with E-state index in [9.17, 15) is 4.79 Å². The molecule has 0 unspecified atom stereocenters. The number of carbonyl (C=O) groups is 1. The summed E-state index contributed by atoms with van der Waals surface area (Å²) in [6, 6.07) is 11.2. The van der Waals surface area contributed by atoms with E-state index in [-0.39, 0.29) is 5.78 Å². The minimum absolute atomic E-state index is 0.0481. The molecule has 0 N–H and O–H groups in total. The second-order valence-corrected chi connectivity index (χ2v) is 5.54. The van der Waals surface area contributed by atoms with E-state index in [4.69, 9.17) is 11.6 Å². The van der Waals surface area contributed by atoms with Gasteiger partial charge in [0.1, 0.15) is 0 Å². The highest BCUT2D eigenvalue weighted by molar-refractivity contribution is 9.10. The third-order valence-electron chi connectivity index (χ3n) is 2.68. The van der Waals surface area contributed by atoms with Crippen LogP contribution in [-0.4, -0.2) is 5.78 Å². The molecule has 2 aromatic carbocycles. The number of hydrogen-bond acceptors (Lipinski definition) is 1. The smallest absolute Gasteiger partial charge is 0.194 e. The fourth-order valence-corrected chi connectivity index (χ4v) is 2.52. The number of halogens is 2. The topological polar surface area (TPSA) is 17.1 Å². The molecule has 3 heteroatoms. The summed E-state index contributed by atoms with van der Waals surface area (Å²) in [5.74, 6) is -0.0481. The summed E-state index contributed by atoms with van der Waals surface area (Å²) in [4.78, 5) is 12.4. The van der Waals surface area contributed by atoms with Crippen molar-refractivity contribution in [3.05, 3.63) is 68.1 Å². The molecule has 92 valence electrons. The molecule has 0 heterocycles. The van der Waals surface area contributed by atoms with Crippen molar-refractivity contribution in [3.8, 4) is 0 Å². The predicted octanol–water partition coefficient (Wildman–Crippen LogP) is 4.95. The second kappa shape index (κ2) is 5.25. The largest absolute Gasteiger partial charge is 0.289 e. The molecule has 0 atom stereocenters. The van der Waals surface area contributed by atoms with Crippen LogP contribution in [0.3, 0.4) is 0 Å². The average molecular weight is 324 g/mol. The molecule has 0 amide bonds. The Bertz CT molecular complexity index is 600. The fourth-order valence-electron chi connectivity index (χ4n) is 1.94. The van der Waals surface area contributed by atoms with Crippen LogP contribution >= 0.6 is 27.5 Å². The molecule has 0 bridgehead atoms. The van der Waals surface area contributed by atoms with Gasteiger partial charge in [-0.3, -0.25) is 4.79 Å². The van der Waals surface area contributed by atoms with Crippen molar-refractivity contribution in [1.82, 2.24) is 0 Å². The zero-order valence-electron chi connectivity index (χ0n) is 10.1. The highest BCUT2D eigenvalue weighted by Gasteiger charge is 2.14. The van der Waals surface area contributed by atoms with Crippen molar-refractivity contribution in [2.45, 2.75) is 13.8 Å². The van der Waals surface area contributed by atoms with E-state index < -0.39 is 0 Å². The van der Waals surface area contributed by atoms with Crippen molar-refractivity contribution in [1.29, 1.82) is 0 Å². The average Bonchev–Trinajstić information content (AvgIpc) is 2.30. The van der Waals surface area contributed by atoms with Crippen molar-refractivity contribution in [2.24, 2.45) is 0 Å². The van der Waals surface area contributed by atoms with Gasteiger partial charge in [0.25, 0.3) is 0 Å². The van der Waals surface area contributed by atoms with E-state index in [2.05, 4.69) is 15.9 Å². The van der Waals surface area contributed by atoms with Gasteiger partial charge in [-0.1, -0.05) is 34.9 Å². The van der Waals surface area contributed by atoms with Crippen molar-refractivity contribution in [2.75, 3.05) is 0 Å². The fraction of sp³-hybridized carbons (Fsp3) is 0.133. The molecule has 0 aliphatic rings. The lowest BCUT2D eigenvalue weighted by Crippen LogP contribution is -2.03. The van der Waals surface area contributed by atoms with Gasteiger partial charge in [0.05, 0.1) is 5.02 Å². The zero-order chi connectivity index (χ0) is 13.3. The standard InChI is InChI=1S/C15H12BrClO/c1-9-6-10(2)8-11(7-9)15(18)12-4-3-5-13(16)14(12)17/h3-8H,1-2H3. The maximum Gasteiger partial charge on any atom is 0.194 e. The normalized spacial score (nSPS) is 10.4. The third-order valence-corrected chi connectivity index (χ3v) is 3.98. The number of hydrogen-bond donors (Lipinski definition) is 0. The first-order valence-electron chi connectivity index (χ1n) is 5.56. The van der Waals surface area contributed by atoms with Crippen molar-refractivity contribution >= 4 is 33.3 Å². The van der Waals surface area contributed by atoms with Gasteiger partial charge in [0, 0.05) is 15.6 Å². The van der Waals surface area contributed by atoms with Gasteiger partial charge in [-0.05, 0) is 54.0 Å². The van der Waals surface area contributed by atoms with Crippen LogP contribution in [0, 0.1) is 13.8 Å². The molecule has 0 aromatic heterocycles. The highest BCUT2D eigenvalue weighted by Crippen LogP contribution is 2.28. The van der Waals surface area contributed by atoms with E-state index >= 15 is 0 Å². The summed E-state index contributed by atoms with van der Waals surface area (Å²) in [6.07, 6.45) is 0. The molecule has 2 rings (SSSR count). The van der Waals surface area contributed by atoms with Gasteiger partial charge in [-0.2, -0.15) is 0 Å². The van der Waals surface area contributed by atoms with Gasteiger partial charge >= 0.3 is 0 Å². The highest BCUT2D eigenvalue weighted by atomic mass is 79.9. The first kappa shape index (κ1) is 13.3. The predicted molar refractivity (Wildman–Crippen MR) is 78.5 cm³/mol. The Labute approximate surface area is 120 Å². The van der Waals surface area contributed by atoms with Gasteiger partial charge < -0.3 is 0 Å². The lowest BCUT2D eigenvalue weighted by atomic mass is 9.99. The maximum absolute atomic E-state index is 12.4. The molecule has 1 nitrogen and oxygen atoms in total. The van der Waals surface area contributed by atoms with Crippen LogP contribution in [0.1, 0.15) is 27.0 Å². The molecule has 0 spiro atoms. The van der Waals surface area contributed by atoms with Gasteiger partial charge in [-0.25, -0.2) is 0 Å². The van der Waals surface area contributed by atoms with Crippen molar-refractivity contribution < 1.29 is 4.79 Å². The Morgan fingerprint density at radius 2 is 1.72 bits per heavy atom. The SMILES string of the molecule is Cc1cc(C)cc(C(=O)c2cccc(Br)c2Cl)c1. The van der Waals surface area contributed by atoms with E-state index in [1.807, 2.05) is 44.2 Å². The first-order chi connectivity index (χ1) is 8.49. The van der Waals surface area contributed by atoms with Gasteiger partial charge in [0.15, 0.2) is 5.78 Å². The van der Waals surface area contributed by atoms with Crippen LogP contribution in [-0.2, 0) is 0 Å². The summed E-state index contributed by atoms with van der Waals surface area (Å²) in [5.41, 5.74) is 3.34. The summed E-state index contributed by atoms with van der Waals surface area (Å²) in [6.45, 7) is 3.96. The van der Waals surface area contributed by atoms with Crippen LogP contribution in [0.2, 0.25) is 5.02 Å². The molecule has 0 aliphatic heterocycles. The Kier molecular flexibility index (Phi) is 3.88. The number of carbonyl (C=O) groups excluding carboxylic acids is 1. The summed E-state index contributed by atoms with van der Waals surface area (Å²) in [7, 11) is 0. The minimum Gasteiger partial charge on any atom is -0.289 e. The van der Waals surface area contributed by atoms with Crippen LogP contribution in [0.5, 0.6) is 0 Å². The number of benzene rings is 2. The van der Waals surface area contributed by atoms with Crippen molar-refractivity contribution in [3.63, 3.8) is 0 Å². The number of rotatable bonds is 2. The molecular weight excluding hydrogens is 312 g/mol. The third kappa shape index (κ3) is 2.65. The Morgan fingerprint density at radius 1 is 1.11 bits per heavy atom. The van der Waals surface area contributed by atoms with Crippen LogP contribution in [0.25, 0.3) is 0 Å². The summed E-state index contributed by atoms with van der Waals surface area (Å²) in [5, 5.41) is 0.460. The van der Waals surface area contributed by atoms with Gasteiger partial charge in [-0.15, -0.1) is 0 Å². The minimum atomic E-state index is -0.0481. The Morgan fingerprint density at radius 3 is 2.33 bits per heavy atom. The lowest BCUT2D eigenvalue weighted by molar-refractivity contribution is 0.103. The molecule has 0 saturated carbocycles. The van der Waals surface area contributed by atoms with E-state index in [1.165, 1.54) is 0 Å². The summed E-state index contributed by atoms with van der Waals surface area (Å²) < 4.78 is 0.736. The quantitative estimate of drug-likeness (QED) is 0.715. The summed E-state index contributed by atoms with van der Waals surface area (Å²) >= 11 is 9.48. The van der Waals surface area contributed by atoms with Crippen LogP contribution < -0.4 is 0 Å². The molecule has 2 aromatic rings. The monoisotopic (exact) mass is 322 g/mol. The lowest BCUT2D eigenvalue weighted by Gasteiger charge is -2.07. The van der Waals surface area contributed by atoms with E-state index in [0.717, 1.165) is 15.6 Å². The Hall–Kier alpha value is -1.12. The molecule has 18 heavy (non-hydrogen) atoms. The van der Waals surface area contributed by atoms with E-state index in [0.29, 0.717) is 16.1 Å². The Balaban J connectivity index is 2.51. The molecular formula is C15H12BrClO. The zero-order valence-corrected chi connectivity index (χ0v) is 12.5. The maximum atomic E-state index is 12.4. The number of ketones is 1. The van der Waals surface area contributed by atoms with Crippen LogP contribution in [0.4, 0.5) is 0 Å². The second-order valence-electron chi connectivity index (χ2n) is 4.31. The van der Waals surface area contributed by atoms with Crippen LogP contribution in [0.15, 0.2) is 40.9 Å². The molecule has 0 fully saturated rings. The number of aryl methyl sites for hydroxylation is 2. The first-order valence-corrected chi connectivity index (χ1v) is 6.73.